The number of piperidine rings is 1. The van der Waals surface area contributed by atoms with Crippen LogP contribution in [0.1, 0.15) is 35.7 Å². The molecule has 144 valence electrons. The maximum Gasteiger partial charge on any atom is 0.255 e. The number of pyridine rings is 1. The van der Waals surface area contributed by atoms with Crippen molar-refractivity contribution in [1.82, 2.24) is 9.88 Å². The monoisotopic (exact) mass is 426 g/mol. The van der Waals surface area contributed by atoms with Gasteiger partial charge in [0.05, 0.1) is 21.4 Å². The molecule has 2 aromatic rings. The summed E-state index contributed by atoms with van der Waals surface area (Å²) >= 11 is 12.1. The number of sulfone groups is 1. The number of nitrogens with zero attached hydrogens (tertiary/aromatic N) is 2. The van der Waals surface area contributed by atoms with Crippen molar-refractivity contribution in [3.05, 3.63) is 57.8 Å². The summed E-state index contributed by atoms with van der Waals surface area (Å²) in [6, 6.07) is 6.13. The quantitative estimate of drug-likeness (QED) is 0.732. The highest BCUT2D eigenvalue weighted by Gasteiger charge is 2.25. The minimum Gasteiger partial charge on any atom is -0.338 e. The highest BCUT2D eigenvalue weighted by Crippen LogP contribution is 2.31. The van der Waals surface area contributed by atoms with Crippen LogP contribution in [0.2, 0.25) is 10.0 Å². The number of carbonyl (C=O) groups is 1. The van der Waals surface area contributed by atoms with Gasteiger partial charge in [0.25, 0.3) is 5.91 Å². The lowest BCUT2D eigenvalue weighted by molar-refractivity contribution is 0.0682. The Morgan fingerprint density at radius 2 is 1.96 bits per heavy atom. The van der Waals surface area contributed by atoms with E-state index in [1.54, 1.807) is 17.0 Å². The Balaban J connectivity index is 1.84. The molecule has 0 saturated carbocycles. The summed E-state index contributed by atoms with van der Waals surface area (Å²) in [7, 11) is -3.78. The van der Waals surface area contributed by atoms with E-state index in [1.807, 2.05) is 0 Å². The minimum atomic E-state index is -3.78. The van der Waals surface area contributed by atoms with Crippen LogP contribution in [0.15, 0.2) is 41.6 Å². The van der Waals surface area contributed by atoms with Crippen LogP contribution < -0.4 is 0 Å². The van der Waals surface area contributed by atoms with Gasteiger partial charge in [0.2, 0.25) is 0 Å². The largest absolute Gasteiger partial charge is 0.338 e. The van der Waals surface area contributed by atoms with Gasteiger partial charge in [-0.05, 0) is 42.5 Å². The second-order valence-electron chi connectivity index (χ2n) is 6.89. The number of halogens is 2. The van der Waals surface area contributed by atoms with Crippen molar-refractivity contribution < 1.29 is 13.2 Å². The van der Waals surface area contributed by atoms with Crippen molar-refractivity contribution in [3.8, 4) is 0 Å². The molecule has 3 rings (SSSR count). The number of rotatable bonds is 4. The minimum absolute atomic E-state index is 0.0741. The van der Waals surface area contributed by atoms with E-state index in [0.29, 0.717) is 30.1 Å². The van der Waals surface area contributed by atoms with Gasteiger partial charge in [-0.15, -0.1) is 0 Å². The maximum absolute atomic E-state index is 12.8. The fraction of sp³-hybridized carbons (Fsp3) is 0.368. The third-order valence-corrected chi connectivity index (χ3v) is 7.20. The number of likely N-dealkylation sites (tertiary alicyclic amines) is 1. The first-order valence-electron chi connectivity index (χ1n) is 8.68. The van der Waals surface area contributed by atoms with E-state index in [-0.39, 0.29) is 26.6 Å². The summed E-state index contributed by atoms with van der Waals surface area (Å²) in [6.07, 6.45) is 5.00. The lowest BCUT2D eigenvalue weighted by atomic mass is 9.99. The zero-order valence-corrected chi connectivity index (χ0v) is 17.2. The standard InChI is InChI=1S/C19H20Cl2N2O3S/c1-13-4-3-7-23(11-13)19(24)15-8-14(9-22-10-15)12-27(25,26)18-16(20)5-2-6-17(18)21/h2,5-6,8-10,13H,3-4,7,11-12H2,1H3. The van der Waals surface area contributed by atoms with Gasteiger partial charge in [-0.3, -0.25) is 9.78 Å². The Bertz CT molecular complexity index is 943. The molecule has 27 heavy (non-hydrogen) atoms. The molecule has 0 bridgehead atoms. The Morgan fingerprint density at radius 3 is 2.63 bits per heavy atom. The summed E-state index contributed by atoms with van der Waals surface area (Å²) in [5.41, 5.74) is 0.809. The van der Waals surface area contributed by atoms with Crippen LogP contribution in [0.25, 0.3) is 0 Å². The lowest BCUT2D eigenvalue weighted by Gasteiger charge is -2.31. The molecule has 5 nitrogen and oxygen atoms in total. The number of amides is 1. The first-order valence-corrected chi connectivity index (χ1v) is 11.1. The number of carbonyl (C=O) groups excluding carboxylic acids is 1. The van der Waals surface area contributed by atoms with Gasteiger partial charge in [-0.25, -0.2) is 8.42 Å². The Morgan fingerprint density at radius 1 is 1.26 bits per heavy atom. The van der Waals surface area contributed by atoms with Gasteiger partial charge >= 0.3 is 0 Å². The molecule has 1 unspecified atom stereocenters. The van der Waals surface area contributed by atoms with Crippen molar-refractivity contribution in [2.75, 3.05) is 13.1 Å². The van der Waals surface area contributed by atoms with E-state index >= 15 is 0 Å². The predicted molar refractivity (Wildman–Crippen MR) is 106 cm³/mol. The highest BCUT2D eigenvalue weighted by molar-refractivity contribution is 7.90. The molecule has 2 heterocycles. The smallest absolute Gasteiger partial charge is 0.255 e. The summed E-state index contributed by atoms with van der Waals surface area (Å²) in [4.78, 5) is 18.5. The zero-order valence-electron chi connectivity index (χ0n) is 14.9. The van der Waals surface area contributed by atoms with Crippen LogP contribution in [0.4, 0.5) is 0 Å². The molecule has 1 fully saturated rings. The highest BCUT2D eigenvalue weighted by atomic mass is 35.5. The van der Waals surface area contributed by atoms with E-state index < -0.39 is 9.84 Å². The number of hydrogen-bond acceptors (Lipinski definition) is 4. The first kappa shape index (κ1) is 20.1. The summed E-state index contributed by atoms with van der Waals surface area (Å²) in [5.74, 6) is 0.00621. The van der Waals surface area contributed by atoms with E-state index in [0.717, 1.165) is 12.8 Å². The molecule has 8 heteroatoms. The summed E-state index contributed by atoms with van der Waals surface area (Å²) < 4.78 is 25.6. The molecule has 0 N–H and O–H groups in total. The second-order valence-corrected chi connectivity index (χ2v) is 9.63. The molecule has 1 atom stereocenters. The van der Waals surface area contributed by atoms with Gasteiger partial charge < -0.3 is 4.90 Å². The van der Waals surface area contributed by atoms with Crippen molar-refractivity contribution in [1.29, 1.82) is 0 Å². The Labute approximate surface area is 169 Å². The second kappa shape index (κ2) is 8.17. The molecule has 1 amide bonds. The molecule has 0 spiro atoms. The topological polar surface area (TPSA) is 67.3 Å². The van der Waals surface area contributed by atoms with Crippen LogP contribution in [0.3, 0.4) is 0 Å². The molecular weight excluding hydrogens is 407 g/mol. The molecule has 0 radical (unpaired) electrons. The van der Waals surface area contributed by atoms with Gasteiger partial charge in [0.1, 0.15) is 4.90 Å². The summed E-state index contributed by atoms with van der Waals surface area (Å²) in [6.45, 7) is 3.53. The van der Waals surface area contributed by atoms with Gasteiger partial charge in [-0.1, -0.05) is 36.2 Å². The SMILES string of the molecule is CC1CCCN(C(=O)c2cncc(CS(=O)(=O)c3c(Cl)cccc3Cl)c2)C1. The van der Waals surface area contributed by atoms with Crippen LogP contribution in [0.5, 0.6) is 0 Å². The van der Waals surface area contributed by atoms with Crippen molar-refractivity contribution in [2.45, 2.75) is 30.4 Å². The van der Waals surface area contributed by atoms with Crippen molar-refractivity contribution in [2.24, 2.45) is 5.92 Å². The maximum atomic E-state index is 12.8. The fourth-order valence-corrected chi connectivity index (χ4v) is 5.89. The zero-order chi connectivity index (χ0) is 19.6. The molecule has 0 aliphatic carbocycles. The van der Waals surface area contributed by atoms with Crippen LogP contribution in [0, 0.1) is 5.92 Å². The van der Waals surface area contributed by atoms with Crippen molar-refractivity contribution >= 4 is 38.9 Å². The third-order valence-electron chi connectivity index (χ3n) is 4.57. The van der Waals surface area contributed by atoms with Crippen LogP contribution >= 0.6 is 23.2 Å². The fourth-order valence-electron chi connectivity index (χ4n) is 3.31. The normalized spacial score (nSPS) is 17.7. The van der Waals surface area contributed by atoms with E-state index in [9.17, 15) is 13.2 Å². The Hall–Kier alpha value is -1.63. The number of aromatic nitrogens is 1. The molecule has 1 aliphatic heterocycles. The lowest BCUT2D eigenvalue weighted by Crippen LogP contribution is -2.39. The van der Waals surface area contributed by atoms with E-state index in [1.165, 1.54) is 24.5 Å². The van der Waals surface area contributed by atoms with Crippen molar-refractivity contribution in [3.63, 3.8) is 0 Å². The molecule has 1 aromatic carbocycles. The molecule has 1 aliphatic rings. The van der Waals surface area contributed by atoms with E-state index in [4.69, 9.17) is 23.2 Å². The average molecular weight is 427 g/mol. The average Bonchev–Trinajstić information content (AvgIpc) is 2.60. The third kappa shape index (κ3) is 4.62. The van der Waals surface area contributed by atoms with Gasteiger partial charge in [-0.2, -0.15) is 0 Å². The predicted octanol–water partition coefficient (Wildman–Crippen LogP) is 4.23. The molecule has 1 saturated heterocycles. The first-order chi connectivity index (χ1) is 12.8. The van der Waals surface area contributed by atoms with Crippen LogP contribution in [-0.2, 0) is 15.6 Å². The van der Waals surface area contributed by atoms with Gasteiger partial charge in [0.15, 0.2) is 9.84 Å². The van der Waals surface area contributed by atoms with Gasteiger partial charge in [0, 0.05) is 25.5 Å². The molecule has 1 aromatic heterocycles. The number of hydrogen-bond donors (Lipinski definition) is 0. The summed E-state index contributed by atoms with van der Waals surface area (Å²) in [5, 5.41) is 0.148. The molecular formula is C19H20Cl2N2O3S. The number of benzene rings is 1. The van der Waals surface area contributed by atoms with E-state index in [2.05, 4.69) is 11.9 Å². The van der Waals surface area contributed by atoms with Crippen LogP contribution in [-0.4, -0.2) is 37.3 Å². The Kier molecular flexibility index (Phi) is 6.08.